The highest BCUT2D eigenvalue weighted by molar-refractivity contribution is 5.92. The van der Waals surface area contributed by atoms with Gasteiger partial charge in [-0.25, -0.2) is 13.2 Å². The van der Waals surface area contributed by atoms with Crippen molar-refractivity contribution in [3.05, 3.63) is 77.4 Å². The molecule has 2 aromatic carbocycles. The molecule has 5 nitrogen and oxygen atoms in total. The summed E-state index contributed by atoms with van der Waals surface area (Å²) in [6.45, 7) is 0.390. The van der Waals surface area contributed by atoms with Gasteiger partial charge in [-0.05, 0) is 66.3 Å². The first kappa shape index (κ1) is 20.4. The number of nitrogens with one attached hydrogen (secondary N) is 2. The van der Waals surface area contributed by atoms with Crippen LogP contribution in [0.25, 0.3) is 22.2 Å². The highest BCUT2D eigenvalue weighted by Gasteiger charge is 2.38. The van der Waals surface area contributed by atoms with Crippen molar-refractivity contribution in [2.45, 2.75) is 25.3 Å². The second kappa shape index (κ2) is 7.85. The molecule has 0 bridgehead atoms. The Labute approximate surface area is 182 Å². The Bertz CT molecular complexity index is 1300. The molecule has 1 saturated carbocycles. The van der Waals surface area contributed by atoms with Gasteiger partial charge in [-0.1, -0.05) is 0 Å². The summed E-state index contributed by atoms with van der Waals surface area (Å²) in [6.07, 6.45) is 2.81. The van der Waals surface area contributed by atoms with Crippen molar-refractivity contribution in [1.29, 1.82) is 0 Å². The van der Waals surface area contributed by atoms with Crippen molar-refractivity contribution in [2.75, 3.05) is 0 Å². The van der Waals surface area contributed by atoms with Crippen LogP contribution < -0.4 is 5.32 Å². The fourth-order valence-corrected chi connectivity index (χ4v) is 4.47. The van der Waals surface area contributed by atoms with Crippen LogP contribution in [-0.4, -0.2) is 20.7 Å². The molecule has 2 heterocycles. The predicted octanol–water partition coefficient (Wildman–Crippen LogP) is 4.80. The Morgan fingerprint density at radius 2 is 1.88 bits per heavy atom. The van der Waals surface area contributed by atoms with E-state index in [0.717, 1.165) is 17.3 Å². The molecule has 0 saturated heterocycles. The van der Waals surface area contributed by atoms with E-state index in [9.17, 15) is 18.0 Å². The van der Waals surface area contributed by atoms with Crippen LogP contribution in [0.2, 0.25) is 0 Å². The quantitative estimate of drug-likeness (QED) is 0.470. The molecule has 4 aromatic rings. The number of rotatable bonds is 5. The number of nitrogens with zero attached hydrogens (tertiary/aromatic N) is 2. The monoisotopic (exact) mass is 438 g/mol. The van der Waals surface area contributed by atoms with E-state index in [1.54, 1.807) is 23.0 Å². The zero-order chi connectivity index (χ0) is 22.4. The Balaban J connectivity index is 1.41. The number of H-pyrrole nitrogens is 1. The topological polar surface area (TPSA) is 62.7 Å². The average Bonchev–Trinajstić information content (AvgIpc) is 3.30. The lowest BCUT2D eigenvalue weighted by Crippen LogP contribution is -2.38. The number of amides is 1. The van der Waals surface area contributed by atoms with Crippen LogP contribution in [0, 0.1) is 23.4 Å². The van der Waals surface area contributed by atoms with Gasteiger partial charge in [-0.3, -0.25) is 9.48 Å². The van der Waals surface area contributed by atoms with Crippen LogP contribution in [-0.2, 0) is 18.4 Å². The maximum absolute atomic E-state index is 14.5. The lowest BCUT2D eigenvalue weighted by molar-refractivity contribution is -0.128. The van der Waals surface area contributed by atoms with E-state index in [4.69, 9.17) is 0 Å². The molecule has 2 aromatic heterocycles. The summed E-state index contributed by atoms with van der Waals surface area (Å²) in [6, 6.07) is 9.87. The van der Waals surface area contributed by atoms with Crippen LogP contribution in [0.1, 0.15) is 30.0 Å². The van der Waals surface area contributed by atoms with Gasteiger partial charge in [0.2, 0.25) is 5.91 Å². The molecular weight excluding hydrogens is 417 g/mol. The van der Waals surface area contributed by atoms with Crippen molar-refractivity contribution in [2.24, 2.45) is 13.0 Å². The predicted molar refractivity (Wildman–Crippen MR) is 114 cm³/mol. The van der Waals surface area contributed by atoms with E-state index in [1.165, 1.54) is 18.2 Å². The summed E-state index contributed by atoms with van der Waals surface area (Å²) in [5, 5.41) is 7.47. The number of benzene rings is 2. The number of carbonyl (C=O) groups excluding carboxylic acids is 1. The maximum Gasteiger partial charge on any atom is 0.223 e. The maximum atomic E-state index is 14.5. The molecule has 164 valence electrons. The molecule has 0 atom stereocenters. The van der Waals surface area contributed by atoms with Gasteiger partial charge in [0.1, 0.15) is 17.5 Å². The number of aromatic nitrogens is 3. The number of hydrogen-bond donors (Lipinski definition) is 2. The number of aryl methyl sites for hydroxylation is 1. The molecule has 2 N–H and O–H groups in total. The first-order valence-electron chi connectivity index (χ1n) is 10.4. The smallest absolute Gasteiger partial charge is 0.223 e. The van der Waals surface area contributed by atoms with Crippen LogP contribution in [0.5, 0.6) is 0 Å². The standard InChI is InChI=1S/C24H21F3N4O/c1-31-18(6-7-29-31)12-28-24(32)15-8-14(9-15)21-19-10-17(26)11-20(27)23(19)30-22(21)13-2-4-16(25)5-3-13/h2-7,10-11,14-15,30H,8-9,12H2,1H3,(H,28,32)/t14-,15+. The molecule has 0 unspecified atom stereocenters. The Morgan fingerprint density at radius 3 is 2.56 bits per heavy atom. The van der Waals surface area contributed by atoms with Gasteiger partial charge >= 0.3 is 0 Å². The van der Waals surface area contributed by atoms with Gasteiger partial charge in [-0.2, -0.15) is 5.10 Å². The SMILES string of the molecule is Cn1nccc1CNC(=O)[C@H]1C[C@@H](c2c(-c3ccc(F)cc3)[nH]c3c(F)cc(F)cc32)C1. The number of aromatic amines is 1. The normalized spacial score (nSPS) is 18.0. The zero-order valence-corrected chi connectivity index (χ0v) is 17.3. The van der Waals surface area contributed by atoms with E-state index in [1.807, 2.05) is 13.1 Å². The molecule has 32 heavy (non-hydrogen) atoms. The van der Waals surface area contributed by atoms with E-state index in [0.29, 0.717) is 36.0 Å². The van der Waals surface area contributed by atoms with E-state index in [-0.39, 0.29) is 29.1 Å². The minimum Gasteiger partial charge on any atom is -0.352 e. The summed E-state index contributed by atoms with van der Waals surface area (Å²) in [5.41, 5.74) is 3.19. The third kappa shape index (κ3) is 3.55. The third-order valence-electron chi connectivity index (χ3n) is 6.28. The minimum absolute atomic E-state index is 0.0440. The summed E-state index contributed by atoms with van der Waals surface area (Å²) in [4.78, 5) is 15.7. The van der Waals surface area contributed by atoms with Crippen molar-refractivity contribution in [1.82, 2.24) is 20.1 Å². The Kier molecular flexibility index (Phi) is 5.00. The summed E-state index contributed by atoms with van der Waals surface area (Å²) in [7, 11) is 1.81. The average molecular weight is 438 g/mol. The number of carbonyl (C=O) groups is 1. The van der Waals surface area contributed by atoms with Crippen LogP contribution in [0.15, 0.2) is 48.7 Å². The lowest BCUT2D eigenvalue weighted by atomic mass is 9.70. The molecular formula is C24H21F3N4O. The van der Waals surface area contributed by atoms with Gasteiger partial charge in [-0.15, -0.1) is 0 Å². The van der Waals surface area contributed by atoms with Gasteiger partial charge in [0, 0.05) is 30.6 Å². The zero-order valence-electron chi connectivity index (χ0n) is 17.3. The van der Waals surface area contributed by atoms with E-state index >= 15 is 0 Å². The molecule has 1 amide bonds. The fourth-order valence-electron chi connectivity index (χ4n) is 4.47. The third-order valence-corrected chi connectivity index (χ3v) is 6.28. The molecule has 5 rings (SSSR count). The molecule has 0 radical (unpaired) electrons. The van der Waals surface area contributed by atoms with Gasteiger partial charge < -0.3 is 10.3 Å². The van der Waals surface area contributed by atoms with Gasteiger partial charge in [0.25, 0.3) is 0 Å². The van der Waals surface area contributed by atoms with Gasteiger partial charge in [0.15, 0.2) is 0 Å². The van der Waals surface area contributed by atoms with E-state index in [2.05, 4.69) is 15.4 Å². The largest absolute Gasteiger partial charge is 0.352 e. The molecule has 8 heteroatoms. The lowest BCUT2D eigenvalue weighted by Gasteiger charge is -2.35. The molecule has 1 aliphatic rings. The first-order chi connectivity index (χ1) is 15.4. The Hall–Kier alpha value is -3.55. The van der Waals surface area contributed by atoms with Crippen molar-refractivity contribution in [3.63, 3.8) is 0 Å². The highest BCUT2D eigenvalue weighted by Crippen LogP contribution is 2.48. The minimum atomic E-state index is -0.681. The van der Waals surface area contributed by atoms with Crippen molar-refractivity contribution >= 4 is 16.8 Å². The fraction of sp³-hybridized carbons (Fsp3) is 0.250. The van der Waals surface area contributed by atoms with Crippen molar-refractivity contribution < 1.29 is 18.0 Å². The Morgan fingerprint density at radius 1 is 1.12 bits per heavy atom. The number of fused-ring (bicyclic) bond motifs is 1. The highest BCUT2D eigenvalue weighted by atomic mass is 19.1. The molecule has 1 aliphatic carbocycles. The summed E-state index contributed by atoms with van der Waals surface area (Å²) >= 11 is 0. The van der Waals surface area contributed by atoms with Crippen LogP contribution in [0.4, 0.5) is 13.2 Å². The van der Waals surface area contributed by atoms with E-state index < -0.39 is 11.6 Å². The second-order valence-electron chi connectivity index (χ2n) is 8.26. The number of hydrogen-bond acceptors (Lipinski definition) is 2. The van der Waals surface area contributed by atoms with Crippen LogP contribution >= 0.6 is 0 Å². The molecule has 1 fully saturated rings. The number of halogens is 3. The van der Waals surface area contributed by atoms with Gasteiger partial charge in [0.05, 0.1) is 23.4 Å². The van der Waals surface area contributed by atoms with Crippen LogP contribution in [0.3, 0.4) is 0 Å². The summed E-state index contributed by atoms with van der Waals surface area (Å²) in [5.74, 6) is -2.00. The summed E-state index contributed by atoms with van der Waals surface area (Å²) < 4.78 is 43.6. The van der Waals surface area contributed by atoms with Crippen molar-refractivity contribution in [3.8, 4) is 11.3 Å². The molecule has 0 aliphatic heterocycles. The first-order valence-corrected chi connectivity index (χ1v) is 10.4. The molecule has 0 spiro atoms. The second-order valence-corrected chi connectivity index (χ2v) is 8.26.